The minimum absolute atomic E-state index is 0.155. The largest absolute Gasteiger partial charge is 0.307 e. The summed E-state index contributed by atoms with van der Waals surface area (Å²) >= 11 is 0. The van der Waals surface area contributed by atoms with E-state index >= 15 is 0 Å². The Hall–Kier alpha value is -0.890. The lowest BCUT2D eigenvalue weighted by Crippen LogP contribution is -2.39. The first-order valence-electron chi connectivity index (χ1n) is 7.52. The molecular formula is C17H26FN. The maximum absolute atomic E-state index is 13.0. The zero-order valence-corrected chi connectivity index (χ0v) is 12.4. The minimum Gasteiger partial charge on any atom is -0.307 e. The molecule has 1 fully saturated rings. The number of halogens is 1. The van der Waals surface area contributed by atoms with E-state index in [9.17, 15) is 4.39 Å². The molecule has 2 atom stereocenters. The van der Waals surface area contributed by atoms with E-state index in [0.29, 0.717) is 17.5 Å². The molecule has 0 radical (unpaired) electrons. The molecule has 0 bridgehead atoms. The van der Waals surface area contributed by atoms with Crippen LogP contribution >= 0.6 is 0 Å². The van der Waals surface area contributed by atoms with Crippen LogP contribution < -0.4 is 5.32 Å². The highest BCUT2D eigenvalue weighted by molar-refractivity contribution is 5.20. The molecule has 1 aliphatic rings. The number of hydrogen-bond donors (Lipinski definition) is 1. The van der Waals surface area contributed by atoms with Crippen LogP contribution in [0.1, 0.15) is 64.5 Å². The van der Waals surface area contributed by atoms with Crippen LogP contribution in [-0.4, -0.2) is 6.04 Å². The third-order valence-electron chi connectivity index (χ3n) is 4.32. The normalized spacial score (nSPS) is 24.1. The van der Waals surface area contributed by atoms with Gasteiger partial charge in [-0.2, -0.15) is 0 Å². The topological polar surface area (TPSA) is 12.0 Å². The molecular weight excluding hydrogens is 237 g/mol. The Morgan fingerprint density at radius 2 is 2.00 bits per heavy atom. The van der Waals surface area contributed by atoms with Gasteiger partial charge in [-0.1, -0.05) is 39.3 Å². The van der Waals surface area contributed by atoms with Crippen molar-refractivity contribution >= 4 is 0 Å². The van der Waals surface area contributed by atoms with Crippen molar-refractivity contribution in [2.45, 2.75) is 65.0 Å². The second-order valence-electron chi connectivity index (χ2n) is 6.64. The highest BCUT2D eigenvalue weighted by atomic mass is 19.1. The fraction of sp³-hybridized carbons (Fsp3) is 0.647. The van der Waals surface area contributed by atoms with Crippen LogP contribution in [0, 0.1) is 11.2 Å². The first kappa shape index (κ1) is 14.5. The van der Waals surface area contributed by atoms with Crippen LogP contribution in [0.2, 0.25) is 0 Å². The van der Waals surface area contributed by atoms with Crippen molar-refractivity contribution in [3.8, 4) is 0 Å². The molecule has 0 aliphatic heterocycles. The van der Waals surface area contributed by atoms with Crippen LogP contribution in [-0.2, 0) is 0 Å². The molecule has 1 N–H and O–H groups in total. The molecule has 0 spiro atoms. The number of benzene rings is 1. The summed E-state index contributed by atoms with van der Waals surface area (Å²) in [5.74, 6) is -0.155. The van der Waals surface area contributed by atoms with Crippen molar-refractivity contribution < 1.29 is 4.39 Å². The second kappa shape index (κ2) is 6.04. The molecule has 0 amide bonds. The van der Waals surface area contributed by atoms with Gasteiger partial charge in [0.25, 0.3) is 0 Å². The Kier molecular flexibility index (Phi) is 4.62. The van der Waals surface area contributed by atoms with Crippen molar-refractivity contribution in [3.05, 3.63) is 35.6 Å². The van der Waals surface area contributed by atoms with E-state index < -0.39 is 0 Å². The molecule has 106 valence electrons. The van der Waals surface area contributed by atoms with Gasteiger partial charge in [0.15, 0.2) is 0 Å². The van der Waals surface area contributed by atoms with E-state index in [4.69, 9.17) is 0 Å². The molecule has 0 saturated heterocycles. The van der Waals surface area contributed by atoms with E-state index in [0.717, 1.165) is 6.42 Å². The lowest BCUT2D eigenvalue weighted by molar-refractivity contribution is 0.188. The first-order chi connectivity index (χ1) is 9.00. The number of hydrogen-bond acceptors (Lipinski definition) is 1. The van der Waals surface area contributed by atoms with E-state index in [-0.39, 0.29) is 5.82 Å². The van der Waals surface area contributed by atoms with Gasteiger partial charge < -0.3 is 5.32 Å². The van der Waals surface area contributed by atoms with Gasteiger partial charge in [-0.15, -0.1) is 0 Å². The summed E-state index contributed by atoms with van der Waals surface area (Å²) in [6.07, 6.45) is 6.19. The summed E-state index contributed by atoms with van der Waals surface area (Å²) in [6.45, 7) is 6.91. The quantitative estimate of drug-likeness (QED) is 0.820. The molecule has 0 heterocycles. The fourth-order valence-electron chi connectivity index (χ4n) is 3.27. The maximum atomic E-state index is 13.0. The monoisotopic (exact) mass is 263 g/mol. The summed E-state index contributed by atoms with van der Waals surface area (Å²) in [5.41, 5.74) is 1.66. The molecule has 1 saturated carbocycles. The van der Waals surface area contributed by atoms with Crippen molar-refractivity contribution in [2.24, 2.45) is 5.41 Å². The molecule has 1 aliphatic carbocycles. The SMILES string of the molecule is CCC(NC1CCCC(C)(C)C1)c1ccc(F)cc1. The Morgan fingerprint density at radius 1 is 1.32 bits per heavy atom. The molecule has 1 aromatic rings. The van der Waals surface area contributed by atoms with Crippen molar-refractivity contribution in [3.63, 3.8) is 0 Å². The lowest BCUT2D eigenvalue weighted by Gasteiger charge is -2.37. The molecule has 0 aromatic heterocycles. The molecule has 2 unspecified atom stereocenters. The summed E-state index contributed by atoms with van der Waals surface area (Å²) in [5, 5.41) is 3.77. The number of rotatable bonds is 4. The van der Waals surface area contributed by atoms with Gasteiger partial charge >= 0.3 is 0 Å². The zero-order valence-electron chi connectivity index (χ0n) is 12.4. The van der Waals surface area contributed by atoms with Crippen LogP contribution in [0.3, 0.4) is 0 Å². The van der Waals surface area contributed by atoms with Gasteiger partial charge in [0.2, 0.25) is 0 Å². The van der Waals surface area contributed by atoms with Gasteiger partial charge in [0.1, 0.15) is 5.82 Å². The average molecular weight is 263 g/mol. The first-order valence-corrected chi connectivity index (χ1v) is 7.52. The Labute approximate surface area is 116 Å². The van der Waals surface area contributed by atoms with Crippen LogP contribution in [0.4, 0.5) is 4.39 Å². The van der Waals surface area contributed by atoms with Crippen LogP contribution in [0.25, 0.3) is 0 Å². The Bertz CT molecular complexity index is 396. The maximum Gasteiger partial charge on any atom is 0.123 e. The summed E-state index contributed by atoms with van der Waals surface area (Å²) in [7, 11) is 0. The van der Waals surface area contributed by atoms with E-state index in [2.05, 4.69) is 26.1 Å². The van der Waals surface area contributed by atoms with Gasteiger partial charge in [-0.3, -0.25) is 0 Å². The third-order valence-corrected chi connectivity index (χ3v) is 4.32. The molecule has 1 aromatic carbocycles. The van der Waals surface area contributed by atoms with E-state index in [1.165, 1.54) is 31.2 Å². The lowest BCUT2D eigenvalue weighted by atomic mass is 9.75. The van der Waals surface area contributed by atoms with Gasteiger partial charge in [0, 0.05) is 12.1 Å². The summed E-state index contributed by atoms with van der Waals surface area (Å²) in [6, 6.07) is 7.88. The Balaban J connectivity index is 2.01. The van der Waals surface area contributed by atoms with Crippen LogP contribution in [0.5, 0.6) is 0 Å². The zero-order chi connectivity index (χ0) is 13.9. The van der Waals surface area contributed by atoms with Gasteiger partial charge in [0.05, 0.1) is 0 Å². The minimum atomic E-state index is -0.155. The highest BCUT2D eigenvalue weighted by Crippen LogP contribution is 2.36. The van der Waals surface area contributed by atoms with Gasteiger partial charge in [-0.05, 0) is 48.8 Å². The highest BCUT2D eigenvalue weighted by Gasteiger charge is 2.29. The average Bonchev–Trinajstić information content (AvgIpc) is 2.36. The summed E-state index contributed by atoms with van der Waals surface area (Å²) in [4.78, 5) is 0. The fourth-order valence-corrected chi connectivity index (χ4v) is 3.27. The predicted octanol–water partition coefficient (Wildman–Crippen LogP) is 4.84. The van der Waals surface area contributed by atoms with Crippen molar-refractivity contribution in [1.29, 1.82) is 0 Å². The molecule has 2 rings (SSSR count). The van der Waals surface area contributed by atoms with Crippen molar-refractivity contribution in [2.75, 3.05) is 0 Å². The van der Waals surface area contributed by atoms with Crippen molar-refractivity contribution in [1.82, 2.24) is 5.32 Å². The van der Waals surface area contributed by atoms with E-state index in [1.54, 1.807) is 12.1 Å². The second-order valence-corrected chi connectivity index (χ2v) is 6.64. The predicted molar refractivity (Wildman–Crippen MR) is 78.6 cm³/mol. The van der Waals surface area contributed by atoms with Gasteiger partial charge in [-0.25, -0.2) is 4.39 Å². The number of nitrogens with one attached hydrogen (secondary N) is 1. The smallest absolute Gasteiger partial charge is 0.123 e. The Morgan fingerprint density at radius 3 is 2.58 bits per heavy atom. The molecule has 2 heteroatoms. The van der Waals surface area contributed by atoms with E-state index in [1.807, 2.05) is 12.1 Å². The van der Waals surface area contributed by atoms with Crippen LogP contribution in [0.15, 0.2) is 24.3 Å². The third kappa shape index (κ3) is 4.04. The standard InChI is InChI=1S/C17H26FN/c1-4-16(13-7-9-14(18)10-8-13)19-15-6-5-11-17(2,3)12-15/h7-10,15-16,19H,4-6,11-12H2,1-3H3. The molecule has 19 heavy (non-hydrogen) atoms. The summed E-state index contributed by atoms with van der Waals surface area (Å²) < 4.78 is 13.0. The molecule has 1 nitrogen and oxygen atoms in total.